The van der Waals surface area contributed by atoms with Gasteiger partial charge in [-0.1, -0.05) is 0 Å². The van der Waals surface area contributed by atoms with Gasteiger partial charge >= 0.3 is 0 Å². The molecule has 1 saturated heterocycles. The van der Waals surface area contributed by atoms with Crippen molar-refractivity contribution in [2.45, 2.75) is 32.7 Å². The van der Waals surface area contributed by atoms with Crippen LogP contribution >= 0.6 is 0 Å². The maximum atomic E-state index is 5.41. The zero-order chi connectivity index (χ0) is 12.8. The molecule has 5 nitrogen and oxygen atoms in total. The average molecular weight is 250 g/mol. The van der Waals surface area contributed by atoms with E-state index in [1.165, 1.54) is 12.8 Å². The molecule has 0 spiro atoms. The maximum Gasteiger partial charge on any atom is 0.234 e. The Hall–Kier alpha value is -1.36. The summed E-state index contributed by atoms with van der Waals surface area (Å²) < 4.78 is 5.41. The van der Waals surface area contributed by atoms with Gasteiger partial charge in [-0.05, 0) is 33.2 Å². The summed E-state index contributed by atoms with van der Waals surface area (Å²) in [6, 6.07) is 0.509. The van der Waals surface area contributed by atoms with E-state index >= 15 is 0 Å². The number of hydrogen-bond acceptors (Lipinski definition) is 5. The second-order valence-corrected chi connectivity index (χ2v) is 4.43. The highest BCUT2D eigenvalue weighted by Crippen LogP contribution is 2.19. The molecule has 0 aliphatic carbocycles. The predicted octanol–water partition coefficient (Wildman–Crippen LogP) is 1.45. The van der Waals surface area contributed by atoms with E-state index in [0.717, 1.165) is 25.5 Å². The van der Waals surface area contributed by atoms with Crippen LogP contribution in [-0.4, -0.2) is 42.3 Å². The Morgan fingerprint density at radius 3 is 3.00 bits per heavy atom. The first-order valence-electron chi connectivity index (χ1n) is 6.77. The van der Waals surface area contributed by atoms with E-state index in [1.807, 2.05) is 13.1 Å². The van der Waals surface area contributed by atoms with Gasteiger partial charge in [0.2, 0.25) is 5.88 Å². The van der Waals surface area contributed by atoms with Gasteiger partial charge in [-0.2, -0.15) is 4.98 Å². The van der Waals surface area contributed by atoms with Gasteiger partial charge in [-0.15, -0.1) is 0 Å². The van der Waals surface area contributed by atoms with Crippen molar-refractivity contribution >= 4 is 5.82 Å². The highest BCUT2D eigenvalue weighted by molar-refractivity contribution is 5.39. The van der Waals surface area contributed by atoms with E-state index in [0.29, 0.717) is 18.5 Å². The number of anilines is 1. The lowest BCUT2D eigenvalue weighted by Gasteiger charge is -2.34. The molecular formula is C13H22N4O. The molecule has 1 N–H and O–H groups in total. The summed E-state index contributed by atoms with van der Waals surface area (Å²) in [5.74, 6) is 1.52. The Balaban J connectivity index is 2.12. The highest BCUT2D eigenvalue weighted by atomic mass is 16.5. The highest BCUT2D eigenvalue weighted by Gasteiger charge is 2.21. The number of hydrogen-bond donors (Lipinski definition) is 1. The van der Waals surface area contributed by atoms with Crippen LogP contribution in [0.2, 0.25) is 0 Å². The molecule has 1 fully saturated rings. The molecule has 1 aliphatic heterocycles. The normalized spacial score (nSPS) is 19.6. The standard InChI is InChI=1S/C13H22N4O/c1-3-17(11-6-5-7-14-8-11)12-9-15-10-13(16-12)18-4-2/h9-11,14H,3-8H2,1-2H3. The number of aromatic nitrogens is 2. The fourth-order valence-corrected chi connectivity index (χ4v) is 2.40. The van der Waals surface area contributed by atoms with Crippen LogP contribution < -0.4 is 15.0 Å². The minimum atomic E-state index is 0.509. The summed E-state index contributed by atoms with van der Waals surface area (Å²) in [4.78, 5) is 11.0. The molecule has 2 heterocycles. The molecule has 5 heteroatoms. The van der Waals surface area contributed by atoms with Crippen molar-refractivity contribution in [3.63, 3.8) is 0 Å². The van der Waals surface area contributed by atoms with Gasteiger partial charge in [-0.25, -0.2) is 0 Å². The van der Waals surface area contributed by atoms with Crippen LogP contribution in [0, 0.1) is 0 Å². The first-order chi connectivity index (χ1) is 8.85. The molecule has 1 aliphatic rings. The van der Waals surface area contributed by atoms with E-state index in [1.54, 1.807) is 6.20 Å². The van der Waals surface area contributed by atoms with E-state index in [2.05, 4.69) is 27.1 Å². The summed E-state index contributed by atoms with van der Waals surface area (Å²) in [6.45, 7) is 7.82. The third kappa shape index (κ3) is 3.10. The minimum absolute atomic E-state index is 0.509. The van der Waals surface area contributed by atoms with Crippen molar-refractivity contribution < 1.29 is 4.74 Å². The van der Waals surface area contributed by atoms with Crippen LogP contribution in [0.3, 0.4) is 0 Å². The Labute approximate surface area is 109 Å². The lowest BCUT2D eigenvalue weighted by molar-refractivity contribution is 0.324. The number of rotatable bonds is 5. The van der Waals surface area contributed by atoms with Gasteiger partial charge in [-0.3, -0.25) is 4.98 Å². The maximum absolute atomic E-state index is 5.41. The lowest BCUT2D eigenvalue weighted by atomic mass is 10.1. The quantitative estimate of drug-likeness (QED) is 0.857. The SMILES string of the molecule is CCOc1cncc(N(CC)C2CCCNC2)n1. The molecule has 0 saturated carbocycles. The van der Waals surface area contributed by atoms with Crippen molar-refractivity contribution in [3.8, 4) is 5.88 Å². The lowest BCUT2D eigenvalue weighted by Crippen LogP contribution is -2.46. The zero-order valence-corrected chi connectivity index (χ0v) is 11.2. The molecule has 2 rings (SSSR count). The summed E-state index contributed by atoms with van der Waals surface area (Å²) in [6.07, 6.45) is 5.92. The molecule has 100 valence electrons. The van der Waals surface area contributed by atoms with Gasteiger partial charge in [0.25, 0.3) is 0 Å². The number of ether oxygens (including phenoxy) is 1. The molecule has 0 amide bonds. The largest absolute Gasteiger partial charge is 0.477 e. The van der Waals surface area contributed by atoms with Crippen LogP contribution in [0.4, 0.5) is 5.82 Å². The van der Waals surface area contributed by atoms with E-state index in [-0.39, 0.29) is 0 Å². The minimum Gasteiger partial charge on any atom is -0.477 e. The second-order valence-electron chi connectivity index (χ2n) is 4.43. The van der Waals surface area contributed by atoms with Crippen LogP contribution in [-0.2, 0) is 0 Å². The number of nitrogens with zero attached hydrogens (tertiary/aromatic N) is 3. The zero-order valence-electron chi connectivity index (χ0n) is 11.2. The summed E-state index contributed by atoms with van der Waals surface area (Å²) >= 11 is 0. The van der Waals surface area contributed by atoms with Crippen molar-refractivity contribution in [1.29, 1.82) is 0 Å². The second kappa shape index (κ2) is 6.54. The van der Waals surface area contributed by atoms with Crippen molar-refractivity contribution in [3.05, 3.63) is 12.4 Å². The third-order valence-corrected chi connectivity index (χ3v) is 3.24. The molecular weight excluding hydrogens is 228 g/mol. The van der Waals surface area contributed by atoms with Gasteiger partial charge in [0.05, 0.1) is 19.0 Å². The van der Waals surface area contributed by atoms with Crippen molar-refractivity contribution in [2.24, 2.45) is 0 Å². The molecule has 1 unspecified atom stereocenters. The Morgan fingerprint density at radius 2 is 2.33 bits per heavy atom. The smallest absolute Gasteiger partial charge is 0.234 e. The monoisotopic (exact) mass is 250 g/mol. The van der Waals surface area contributed by atoms with Crippen LogP contribution in [0.15, 0.2) is 12.4 Å². The summed E-state index contributed by atoms with van der Waals surface area (Å²) in [5.41, 5.74) is 0. The van der Waals surface area contributed by atoms with Crippen LogP contribution in [0.1, 0.15) is 26.7 Å². The fraction of sp³-hybridized carbons (Fsp3) is 0.692. The molecule has 0 radical (unpaired) electrons. The van der Waals surface area contributed by atoms with E-state index in [9.17, 15) is 0 Å². The summed E-state index contributed by atoms with van der Waals surface area (Å²) in [7, 11) is 0. The molecule has 0 bridgehead atoms. The summed E-state index contributed by atoms with van der Waals surface area (Å²) in [5, 5.41) is 3.44. The predicted molar refractivity (Wildman–Crippen MR) is 72.1 cm³/mol. The van der Waals surface area contributed by atoms with Crippen LogP contribution in [0.25, 0.3) is 0 Å². The Morgan fingerprint density at radius 1 is 1.44 bits per heavy atom. The molecule has 1 aromatic heterocycles. The Bertz CT molecular complexity index is 366. The number of piperidine rings is 1. The fourth-order valence-electron chi connectivity index (χ4n) is 2.40. The van der Waals surface area contributed by atoms with Crippen LogP contribution in [0.5, 0.6) is 5.88 Å². The Kier molecular flexibility index (Phi) is 4.75. The first-order valence-corrected chi connectivity index (χ1v) is 6.77. The van der Waals surface area contributed by atoms with E-state index < -0.39 is 0 Å². The molecule has 1 atom stereocenters. The third-order valence-electron chi connectivity index (χ3n) is 3.24. The van der Waals surface area contributed by atoms with Crippen molar-refractivity contribution in [1.82, 2.24) is 15.3 Å². The van der Waals surface area contributed by atoms with Crippen molar-refractivity contribution in [2.75, 3.05) is 31.1 Å². The molecule has 0 aromatic carbocycles. The van der Waals surface area contributed by atoms with Gasteiger partial charge < -0.3 is 15.0 Å². The van der Waals surface area contributed by atoms with Gasteiger partial charge in [0.1, 0.15) is 0 Å². The first kappa shape index (κ1) is 13.1. The topological polar surface area (TPSA) is 50.3 Å². The average Bonchev–Trinajstić information content (AvgIpc) is 2.42. The molecule has 18 heavy (non-hydrogen) atoms. The van der Waals surface area contributed by atoms with Gasteiger partial charge in [0.15, 0.2) is 5.82 Å². The number of likely N-dealkylation sites (N-methyl/N-ethyl adjacent to an activating group) is 1. The molecule has 1 aromatic rings. The van der Waals surface area contributed by atoms with E-state index in [4.69, 9.17) is 4.74 Å². The number of nitrogens with one attached hydrogen (secondary N) is 1. The van der Waals surface area contributed by atoms with Gasteiger partial charge in [0, 0.05) is 19.1 Å².